The number of nitrogens with zero attached hydrogens (tertiary/aromatic N) is 2. The highest BCUT2D eigenvalue weighted by Gasteiger charge is 2.35. The van der Waals surface area contributed by atoms with Gasteiger partial charge in [-0.2, -0.15) is 22.7 Å². The van der Waals surface area contributed by atoms with Crippen molar-refractivity contribution in [3.05, 3.63) is 29.3 Å². The lowest BCUT2D eigenvalue weighted by atomic mass is 10.0. The fourth-order valence-electron chi connectivity index (χ4n) is 2.61. The largest absolute Gasteiger partial charge is 0.417 e. The van der Waals surface area contributed by atoms with Gasteiger partial charge < -0.3 is 5.73 Å². The van der Waals surface area contributed by atoms with Crippen molar-refractivity contribution in [2.24, 2.45) is 11.7 Å². The molecule has 1 atom stereocenters. The second kappa shape index (κ2) is 6.47. The van der Waals surface area contributed by atoms with Crippen LogP contribution in [-0.2, 0) is 16.2 Å². The standard InChI is InChI=1S/C14H16F3N3O2S/c15-14(16,17)13-4-3-12(6-11(13)8-19)23(21,22)20-5-1-2-10(7-18)9-20/h3-4,6,10H,1-2,5,7,9,18H2. The zero-order chi connectivity index (χ0) is 17.3. The molecule has 0 amide bonds. The Hall–Kier alpha value is -1.63. The molecule has 23 heavy (non-hydrogen) atoms. The van der Waals surface area contributed by atoms with Crippen LogP contribution >= 0.6 is 0 Å². The Kier molecular flexibility index (Phi) is 4.98. The second-order valence-electron chi connectivity index (χ2n) is 5.42. The summed E-state index contributed by atoms with van der Waals surface area (Å²) in [5.74, 6) is 0.0309. The van der Waals surface area contributed by atoms with E-state index in [-0.39, 0.29) is 17.4 Å². The Morgan fingerprint density at radius 3 is 2.65 bits per heavy atom. The molecule has 126 valence electrons. The van der Waals surface area contributed by atoms with Gasteiger partial charge in [-0.25, -0.2) is 8.42 Å². The van der Waals surface area contributed by atoms with Crippen LogP contribution in [0.2, 0.25) is 0 Å². The molecule has 9 heteroatoms. The maximum Gasteiger partial charge on any atom is 0.417 e. The maximum atomic E-state index is 12.8. The highest BCUT2D eigenvalue weighted by Crippen LogP contribution is 2.33. The highest BCUT2D eigenvalue weighted by atomic mass is 32.2. The predicted octanol–water partition coefficient (Wildman–Crippen LogP) is 1.94. The average Bonchev–Trinajstić information content (AvgIpc) is 2.53. The topological polar surface area (TPSA) is 87.2 Å². The van der Waals surface area contributed by atoms with Crippen molar-refractivity contribution in [2.75, 3.05) is 19.6 Å². The number of hydrogen-bond donors (Lipinski definition) is 1. The van der Waals surface area contributed by atoms with E-state index in [1.165, 1.54) is 10.4 Å². The van der Waals surface area contributed by atoms with Gasteiger partial charge in [0.15, 0.2) is 0 Å². The molecule has 1 unspecified atom stereocenters. The number of piperidine rings is 1. The van der Waals surface area contributed by atoms with Crippen molar-refractivity contribution in [1.82, 2.24) is 4.31 Å². The first-order valence-electron chi connectivity index (χ1n) is 7.01. The average molecular weight is 347 g/mol. The van der Waals surface area contributed by atoms with Gasteiger partial charge in [-0.05, 0) is 43.5 Å². The smallest absolute Gasteiger partial charge is 0.330 e. The first kappa shape index (κ1) is 17.7. The van der Waals surface area contributed by atoms with Gasteiger partial charge in [-0.1, -0.05) is 0 Å². The first-order valence-corrected chi connectivity index (χ1v) is 8.45. The SMILES string of the molecule is N#Cc1cc(S(=O)(=O)N2CCCC(CN)C2)ccc1C(F)(F)F. The van der Waals surface area contributed by atoms with Crippen LogP contribution in [0.5, 0.6) is 0 Å². The summed E-state index contributed by atoms with van der Waals surface area (Å²) in [6.07, 6.45) is -3.24. The normalized spacial score (nSPS) is 20.2. The van der Waals surface area contributed by atoms with Gasteiger partial charge >= 0.3 is 6.18 Å². The van der Waals surface area contributed by atoms with E-state index in [0.29, 0.717) is 25.6 Å². The first-order chi connectivity index (χ1) is 10.7. The molecule has 0 aliphatic carbocycles. The van der Waals surface area contributed by atoms with Crippen LogP contribution in [0.15, 0.2) is 23.1 Å². The Balaban J connectivity index is 2.39. The molecule has 1 heterocycles. The summed E-state index contributed by atoms with van der Waals surface area (Å²) in [5, 5.41) is 8.89. The van der Waals surface area contributed by atoms with Crippen LogP contribution in [-0.4, -0.2) is 32.4 Å². The molecule has 1 aromatic carbocycles. The van der Waals surface area contributed by atoms with Crippen molar-refractivity contribution in [2.45, 2.75) is 23.9 Å². The van der Waals surface area contributed by atoms with Gasteiger partial charge in [0.2, 0.25) is 10.0 Å². The van der Waals surface area contributed by atoms with Crippen LogP contribution in [0.25, 0.3) is 0 Å². The third kappa shape index (κ3) is 3.65. The number of benzene rings is 1. The third-order valence-electron chi connectivity index (χ3n) is 3.87. The molecular weight excluding hydrogens is 331 g/mol. The summed E-state index contributed by atoms with van der Waals surface area (Å²) in [6.45, 7) is 0.881. The summed E-state index contributed by atoms with van der Waals surface area (Å²) < 4.78 is 64.7. The van der Waals surface area contributed by atoms with E-state index < -0.39 is 27.3 Å². The second-order valence-corrected chi connectivity index (χ2v) is 7.36. The molecule has 0 saturated carbocycles. The van der Waals surface area contributed by atoms with Crippen molar-refractivity contribution in [3.8, 4) is 6.07 Å². The maximum absolute atomic E-state index is 12.8. The van der Waals surface area contributed by atoms with Crippen LogP contribution < -0.4 is 5.73 Å². The van der Waals surface area contributed by atoms with E-state index in [1.54, 1.807) is 0 Å². The molecule has 5 nitrogen and oxygen atoms in total. The molecular formula is C14H16F3N3O2S. The van der Waals surface area contributed by atoms with E-state index in [1.807, 2.05) is 0 Å². The van der Waals surface area contributed by atoms with Gasteiger partial charge in [-0.3, -0.25) is 0 Å². The van der Waals surface area contributed by atoms with E-state index >= 15 is 0 Å². The van der Waals surface area contributed by atoms with Gasteiger partial charge in [0.05, 0.1) is 22.1 Å². The van der Waals surface area contributed by atoms with Gasteiger partial charge in [0.25, 0.3) is 0 Å². The zero-order valence-corrected chi connectivity index (χ0v) is 13.0. The number of hydrogen-bond acceptors (Lipinski definition) is 4. The third-order valence-corrected chi connectivity index (χ3v) is 5.73. The van der Waals surface area contributed by atoms with Crippen LogP contribution in [0, 0.1) is 17.2 Å². The van der Waals surface area contributed by atoms with Crippen molar-refractivity contribution in [3.63, 3.8) is 0 Å². The summed E-state index contributed by atoms with van der Waals surface area (Å²) in [5.41, 5.74) is 3.73. The molecule has 1 aliphatic heterocycles. The molecule has 0 aromatic heterocycles. The minimum atomic E-state index is -4.71. The minimum Gasteiger partial charge on any atom is -0.330 e. The Bertz CT molecular complexity index is 726. The number of nitrogens with two attached hydrogens (primary N) is 1. The zero-order valence-electron chi connectivity index (χ0n) is 12.2. The summed E-state index contributed by atoms with van der Waals surface area (Å²) in [4.78, 5) is -0.306. The minimum absolute atomic E-state index is 0.0309. The fraction of sp³-hybridized carbons (Fsp3) is 0.500. The van der Waals surface area contributed by atoms with Crippen LogP contribution in [0.3, 0.4) is 0 Å². The molecule has 1 aromatic rings. The molecule has 1 fully saturated rings. The Morgan fingerprint density at radius 2 is 2.09 bits per heavy atom. The van der Waals surface area contributed by atoms with Crippen molar-refractivity contribution >= 4 is 10.0 Å². The summed E-state index contributed by atoms with van der Waals surface area (Å²) in [7, 11) is -3.94. The Morgan fingerprint density at radius 1 is 1.39 bits per heavy atom. The molecule has 0 bridgehead atoms. The monoisotopic (exact) mass is 347 g/mol. The van der Waals surface area contributed by atoms with Crippen molar-refractivity contribution < 1.29 is 21.6 Å². The number of alkyl halides is 3. The van der Waals surface area contributed by atoms with Crippen LogP contribution in [0.4, 0.5) is 13.2 Å². The number of nitriles is 1. The lowest BCUT2D eigenvalue weighted by Crippen LogP contribution is -2.42. The van der Waals surface area contributed by atoms with Gasteiger partial charge in [-0.15, -0.1) is 0 Å². The lowest BCUT2D eigenvalue weighted by molar-refractivity contribution is -0.137. The number of sulfonamides is 1. The van der Waals surface area contributed by atoms with E-state index in [2.05, 4.69) is 0 Å². The number of rotatable bonds is 3. The lowest BCUT2D eigenvalue weighted by Gasteiger charge is -2.31. The van der Waals surface area contributed by atoms with E-state index in [0.717, 1.165) is 18.6 Å². The highest BCUT2D eigenvalue weighted by molar-refractivity contribution is 7.89. The molecule has 2 N–H and O–H groups in total. The number of halogens is 3. The molecule has 2 rings (SSSR count). The Labute approximate surface area is 132 Å². The quantitative estimate of drug-likeness (QED) is 0.905. The fourth-order valence-corrected chi connectivity index (χ4v) is 4.19. The van der Waals surface area contributed by atoms with Gasteiger partial charge in [0, 0.05) is 13.1 Å². The molecule has 1 aliphatic rings. The summed E-state index contributed by atoms with van der Waals surface area (Å²) >= 11 is 0. The van der Waals surface area contributed by atoms with Gasteiger partial charge in [0.1, 0.15) is 0 Å². The van der Waals surface area contributed by atoms with Crippen molar-refractivity contribution in [1.29, 1.82) is 5.26 Å². The molecule has 0 spiro atoms. The molecule has 1 saturated heterocycles. The van der Waals surface area contributed by atoms with E-state index in [9.17, 15) is 21.6 Å². The molecule has 0 radical (unpaired) electrons. The predicted molar refractivity (Wildman–Crippen MR) is 76.7 cm³/mol. The van der Waals surface area contributed by atoms with Crippen LogP contribution in [0.1, 0.15) is 24.0 Å². The van der Waals surface area contributed by atoms with E-state index in [4.69, 9.17) is 11.0 Å². The summed E-state index contributed by atoms with van der Waals surface area (Å²) in [6, 6.07) is 3.73.